The number of hydrogen-bond acceptors (Lipinski definition) is 4. The van der Waals surface area contributed by atoms with E-state index in [1.54, 1.807) is 18.2 Å². The van der Waals surface area contributed by atoms with Crippen molar-refractivity contribution in [1.82, 2.24) is 0 Å². The second-order valence-corrected chi connectivity index (χ2v) is 7.07. The van der Waals surface area contributed by atoms with Gasteiger partial charge < -0.3 is 10.1 Å². The molecule has 0 radical (unpaired) electrons. The van der Waals surface area contributed by atoms with E-state index in [0.717, 1.165) is 31.2 Å². The van der Waals surface area contributed by atoms with Crippen LogP contribution in [0.15, 0.2) is 18.2 Å². The molecule has 1 aromatic heterocycles. The molecule has 0 saturated heterocycles. The van der Waals surface area contributed by atoms with Gasteiger partial charge in [-0.1, -0.05) is 11.6 Å². The topological polar surface area (TPSA) is 62.1 Å². The zero-order valence-corrected chi connectivity index (χ0v) is 14.9. The number of carbonyl (C=O) groups is 1. The van der Waals surface area contributed by atoms with Gasteiger partial charge in [0.1, 0.15) is 16.8 Å². The van der Waals surface area contributed by atoms with Crippen molar-refractivity contribution >= 4 is 33.8 Å². The summed E-state index contributed by atoms with van der Waals surface area (Å²) in [5.41, 5.74) is 2.16. The van der Waals surface area contributed by atoms with Gasteiger partial charge >= 0.3 is 0 Å². The van der Waals surface area contributed by atoms with Gasteiger partial charge in [0, 0.05) is 10.4 Å². The first kappa shape index (κ1) is 16.8. The molecule has 24 heavy (non-hydrogen) atoms. The minimum atomic E-state index is -0.268. The number of rotatable bonds is 4. The van der Waals surface area contributed by atoms with Crippen molar-refractivity contribution in [2.24, 2.45) is 0 Å². The third kappa shape index (κ3) is 3.26. The Balaban J connectivity index is 1.84. The van der Waals surface area contributed by atoms with Crippen molar-refractivity contribution in [3.8, 4) is 11.8 Å². The standard InChI is InChI=1S/C18H17ClN2O2S/c1-2-23-15-8-7-11(9-14(15)19)17(22)21-18-13(10-20)12-5-3-4-6-16(12)24-18/h7-9H,2-6H2,1H3,(H,21,22). The summed E-state index contributed by atoms with van der Waals surface area (Å²) in [5, 5.41) is 13.4. The Bertz CT molecular complexity index is 823. The van der Waals surface area contributed by atoms with Crippen LogP contribution in [0.4, 0.5) is 5.00 Å². The maximum Gasteiger partial charge on any atom is 0.256 e. The molecular weight excluding hydrogens is 344 g/mol. The van der Waals surface area contributed by atoms with Crippen molar-refractivity contribution in [3.63, 3.8) is 0 Å². The van der Waals surface area contributed by atoms with E-state index in [0.29, 0.717) is 33.5 Å². The Morgan fingerprint density at radius 2 is 2.21 bits per heavy atom. The molecule has 1 heterocycles. The predicted molar refractivity (Wildman–Crippen MR) is 96.3 cm³/mol. The number of carbonyl (C=O) groups excluding carboxylic acids is 1. The molecule has 4 nitrogen and oxygen atoms in total. The van der Waals surface area contributed by atoms with Gasteiger partial charge in [0.15, 0.2) is 0 Å². The Kier molecular flexibility index (Phi) is 5.08. The lowest BCUT2D eigenvalue weighted by Gasteiger charge is -2.09. The van der Waals surface area contributed by atoms with E-state index < -0.39 is 0 Å². The van der Waals surface area contributed by atoms with Crippen LogP contribution in [0.3, 0.4) is 0 Å². The lowest BCUT2D eigenvalue weighted by atomic mass is 9.96. The number of halogens is 1. The predicted octanol–water partition coefficient (Wildman–Crippen LogP) is 4.80. The van der Waals surface area contributed by atoms with Crippen molar-refractivity contribution in [1.29, 1.82) is 5.26 Å². The second-order valence-electron chi connectivity index (χ2n) is 5.56. The van der Waals surface area contributed by atoms with E-state index in [2.05, 4.69) is 11.4 Å². The summed E-state index contributed by atoms with van der Waals surface area (Å²) in [4.78, 5) is 13.7. The first-order valence-electron chi connectivity index (χ1n) is 7.92. The summed E-state index contributed by atoms with van der Waals surface area (Å²) in [5.74, 6) is 0.287. The third-order valence-electron chi connectivity index (χ3n) is 4.00. The SMILES string of the molecule is CCOc1ccc(C(=O)Nc2sc3c(c2C#N)CCCC3)cc1Cl. The van der Waals surface area contributed by atoms with Crippen LogP contribution in [0.25, 0.3) is 0 Å². The molecule has 1 N–H and O–H groups in total. The van der Waals surface area contributed by atoms with Crippen LogP contribution < -0.4 is 10.1 Å². The van der Waals surface area contributed by atoms with Gasteiger partial charge in [0.05, 0.1) is 17.2 Å². The number of fused-ring (bicyclic) bond motifs is 1. The molecule has 1 aromatic carbocycles. The van der Waals surface area contributed by atoms with E-state index in [4.69, 9.17) is 16.3 Å². The minimum Gasteiger partial charge on any atom is -0.492 e. The molecule has 1 amide bonds. The molecule has 2 aromatic rings. The Labute approximate surface area is 150 Å². The number of benzene rings is 1. The smallest absolute Gasteiger partial charge is 0.256 e. The fourth-order valence-corrected chi connectivity index (χ4v) is 4.33. The zero-order chi connectivity index (χ0) is 17.1. The van der Waals surface area contributed by atoms with Crippen LogP contribution in [0, 0.1) is 11.3 Å². The number of amides is 1. The minimum absolute atomic E-state index is 0.268. The lowest BCUT2D eigenvalue weighted by molar-refractivity contribution is 0.102. The number of nitrogens with one attached hydrogen (secondary N) is 1. The van der Waals surface area contributed by atoms with E-state index >= 15 is 0 Å². The largest absolute Gasteiger partial charge is 0.492 e. The van der Waals surface area contributed by atoms with E-state index in [9.17, 15) is 10.1 Å². The summed E-state index contributed by atoms with van der Waals surface area (Å²) in [6, 6.07) is 7.19. The van der Waals surface area contributed by atoms with E-state index in [1.165, 1.54) is 16.2 Å². The van der Waals surface area contributed by atoms with Gasteiger partial charge in [0.25, 0.3) is 5.91 Å². The van der Waals surface area contributed by atoms with Crippen LogP contribution in [-0.4, -0.2) is 12.5 Å². The van der Waals surface area contributed by atoms with Gasteiger partial charge in [-0.25, -0.2) is 0 Å². The molecule has 0 aliphatic heterocycles. The Morgan fingerprint density at radius 3 is 2.92 bits per heavy atom. The van der Waals surface area contributed by atoms with E-state index in [-0.39, 0.29) is 5.91 Å². The van der Waals surface area contributed by atoms with Gasteiger partial charge in [-0.2, -0.15) is 5.26 Å². The number of aryl methyl sites for hydroxylation is 1. The fourth-order valence-electron chi connectivity index (χ4n) is 2.86. The van der Waals surface area contributed by atoms with Crippen LogP contribution in [-0.2, 0) is 12.8 Å². The lowest BCUT2D eigenvalue weighted by Crippen LogP contribution is -2.12. The molecule has 1 aliphatic carbocycles. The molecule has 124 valence electrons. The molecule has 0 bridgehead atoms. The summed E-state index contributed by atoms with van der Waals surface area (Å²) < 4.78 is 5.38. The highest BCUT2D eigenvalue weighted by Gasteiger charge is 2.22. The van der Waals surface area contributed by atoms with Crippen LogP contribution in [0.1, 0.15) is 46.1 Å². The first-order chi connectivity index (χ1) is 11.6. The van der Waals surface area contributed by atoms with Crippen molar-refractivity contribution in [2.45, 2.75) is 32.6 Å². The number of ether oxygens (including phenoxy) is 1. The maximum absolute atomic E-state index is 12.5. The van der Waals surface area contributed by atoms with Gasteiger partial charge in [0.2, 0.25) is 0 Å². The number of nitriles is 1. The quantitative estimate of drug-likeness (QED) is 0.851. The molecule has 6 heteroatoms. The summed E-state index contributed by atoms with van der Waals surface area (Å²) >= 11 is 7.65. The number of nitrogens with zero attached hydrogens (tertiary/aromatic N) is 1. The normalized spacial score (nSPS) is 13.0. The molecule has 0 saturated carbocycles. The number of hydrogen-bond donors (Lipinski definition) is 1. The molecule has 3 rings (SSSR count). The van der Waals surface area contributed by atoms with Gasteiger partial charge in [-0.3, -0.25) is 4.79 Å². The fraction of sp³-hybridized carbons (Fsp3) is 0.333. The average molecular weight is 361 g/mol. The van der Waals surface area contributed by atoms with Crippen LogP contribution >= 0.6 is 22.9 Å². The van der Waals surface area contributed by atoms with Crippen molar-refractivity contribution in [2.75, 3.05) is 11.9 Å². The number of anilines is 1. The molecule has 0 fully saturated rings. The van der Waals surface area contributed by atoms with Gasteiger partial charge in [-0.15, -0.1) is 11.3 Å². The highest BCUT2D eigenvalue weighted by Crippen LogP contribution is 2.38. The van der Waals surface area contributed by atoms with Gasteiger partial charge in [-0.05, 0) is 56.4 Å². The highest BCUT2D eigenvalue weighted by molar-refractivity contribution is 7.16. The summed E-state index contributed by atoms with van der Waals surface area (Å²) in [7, 11) is 0. The average Bonchev–Trinajstić information content (AvgIpc) is 2.93. The molecular formula is C18H17ClN2O2S. The van der Waals surface area contributed by atoms with Crippen molar-refractivity contribution in [3.05, 3.63) is 44.8 Å². The van der Waals surface area contributed by atoms with Crippen molar-refractivity contribution < 1.29 is 9.53 Å². The molecule has 0 unspecified atom stereocenters. The first-order valence-corrected chi connectivity index (χ1v) is 9.11. The molecule has 0 spiro atoms. The number of thiophene rings is 1. The maximum atomic E-state index is 12.5. The second kappa shape index (κ2) is 7.25. The summed E-state index contributed by atoms with van der Waals surface area (Å²) in [6.45, 7) is 2.39. The third-order valence-corrected chi connectivity index (χ3v) is 5.51. The molecule has 0 atom stereocenters. The molecule has 1 aliphatic rings. The van der Waals surface area contributed by atoms with E-state index in [1.807, 2.05) is 6.92 Å². The zero-order valence-electron chi connectivity index (χ0n) is 13.3. The Hall–Kier alpha value is -2.03. The Morgan fingerprint density at radius 1 is 1.42 bits per heavy atom. The van der Waals surface area contributed by atoms with Crippen LogP contribution in [0.5, 0.6) is 5.75 Å². The van der Waals surface area contributed by atoms with Crippen LogP contribution in [0.2, 0.25) is 5.02 Å². The highest BCUT2D eigenvalue weighted by atomic mass is 35.5. The monoisotopic (exact) mass is 360 g/mol. The summed E-state index contributed by atoms with van der Waals surface area (Å²) in [6.07, 6.45) is 4.14.